The summed E-state index contributed by atoms with van der Waals surface area (Å²) in [6.07, 6.45) is 1.50. The quantitative estimate of drug-likeness (QED) is 0.698. The van der Waals surface area contributed by atoms with Crippen molar-refractivity contribution in [1.82, 2.24) is 0 Å². The Morgan fingerprint density at radius 2 is 1.94 bits per heavy atom. The van der Waals surface area contributed by atoms with Gasteiger partial charge in [0.05, 0.1) is 10.2 Å². The van der Waals surface area contributed by atoms with Crippen LogP contribution in [0.1, 0.15) is 26.3 Å². The minimum absolute atomic E-state index is 0.0978. The van der Waals surface area contributed by atoms with Crippen LogP contribution >= 0.6 is 12.2 Å². The predicted molar refractivity (Wildman–Crippen MR) is 70.2 cm³/mol. The van der Waals surface area contributed by atoms with Crippen LogP contribution in [0.2, 0.25) is 0 Å². The minimum Gasteiger partial charge on any atom is -0.462 e. The van der Waals surface area contributed by atoms with Crippen molar-refractivity contribution in [2.45, 2.75) is 26.2 Å². The average Bonchev–Trinajstić information content (AvgIpc) is 2.22. The van der Waals surface area contributed by atoms with Gasteiger partial charge in [0.2, 0.25) is 0 Å². The maximum Gasteiger partial charge on any atom is 0.135 e. The van der Waals surface area contributed by atoms with Crippen molar-refractivity contribution in [3.05, 3.63) is 34.5 Å². The van der Waals surface area contributed by atoms with Crippen LogP contribution in [-0.2, 0) is 5.41 Å². The first-order valence-electron chi connectivity index (χ1n) is 5.21. The van der Waals surface area contributed by atoms with Gasteiger partial charge in [-0.1, -0.05) is 39.1 Å². The molecule has 3 heteroatoms. The average molecular weight is 233 g/mol. The lowest BCUT2D eigenvalue weighted by Crippen LogP contribution is -2.10. The molecule has 0 aliphatic rings. The van der Waals surface area contributed by atoms with Crippen LogP contribution in [0, 0.1) is 4.51 Å². The molecule has 2 nitrogen and oxygen atoms in total. The molecule has 1 aromatic carbocycles. The first kappa shape index (κ1) is 11.1. The van der Waals surface area contributed by atoms with Gasteiger partial charge in [-0.3, -0.25) is 0 Å². The number of anilines is 1. The van der Waals surface area contributed by atoms with Gasteiger partial charge in [0.25, 0.3) is 0 Å². The van der Waals surface area contributed by atoms with Crippen molar-refractivity contribution in [2.75, 3.05) is 5.73 Å². The van der Waals surface area contributed by atoms with Crippen LogP contribution in [0.3, 0.4) is 0 Å². The number of benzene rings is 1. The van der Waals surface area contributed by atoms with Gasteiger partial charge in [-0.05, 0) is 23.1 Å². The van der Waals surface area contributed by atoms with Crippen LogP contribution in [-0.4, -0.2) is 0 Å². The summed E-state index contributed by atoms with van der Waals surface area (Å²) in [5, 5.41) is 0.919. The highest BCUT2D eigenvalue weighted by atomic mass is 32.1. The van der Waals surface area contributed by atoms with Gasteiger partial charge in [0, 0.05) is 5.39 Å². The monoisotopic (exact) mass is 233 g/mol. The summed E-state index contributed by atoms with van der Waals surface area (Å²) in [7, 11) is 0. The van der Waals surface area contributed by atoms with Crippen LogP contribution in [0.5, 0.6) is 0 Å². The summed E-state index contributed by atoms with van der Waals surface area (Å²) in [5.41, 5.74) is 8.38. The van der Waals surface area contributed by atoms with E-state index in [1.165, 1.54) is 11.8 Å². The molecule has 2 rings (SSSR count). The van der Waals surface area contributed by atoms with E-state index >= 15 is 0 Å². The van der Waals surface area contributed by atoms with Crippen molar-refractivity contribution < 1.29 is 4.42 Å². The Balaban J connectivity index is 2.79. The molecule has 0 radical (unpaired) electrons. The summed E-state index contributed by atoms with van der Waals surface area (Å²) in [4.78, 5) is 0. The molecule has 0 fully saturated rings. The Hall–Kier alpha value is -1.35. The molecule has 0 aliphatic carbocycles. The molecule has 0 atom stereocenters. The molecular weight excluding hydrogens is 218 g/mol. The highest BCUT2D eigenvalue weighted by Crippen LogP contribution is 2.28. The van der Waals surface area contributed by atoms with E-state index < -0.39 is 0 Å². The smallest absolute Gasteiger partial charge is 0.135 e. The zero-order valence-corrected chi connectivity index (χ0v) is 10.5. The highest BCUT2D eigenvalue weighted by molar-refractivity contribution is 7.71. The Kier molecular flexibility index (Phi) is 2.50. The summed E-state index contributed by atoms with van der Waals surface area (Å²) in [5.74, 6) is 0. The molecule has 0 unspecified atom stereocenters. The zero-order chi connectivity index (χ0) is 11.9. The maximum atomic E-state index is 5.75. The molecule has 1 heterocycles. The number of fused-ring (bicyclic) bond motifs is 1. The van der Waals surface area contributed by atoms with Gasteiger partial charge < -0.3 is 10.2 Å². The molecule has 0 amide bonds. The number of nitrogens with two attached hydrogens (primary N) is 1. The van der Waals surface area contributed by atoms with Crippen LogP contribution in [0.25, 0.3) is 11.0 Å². The summed E-state index contributed by atoms with van der Waals surface area (Å²) in [6, 6.07) is 6.08. The minimum atomic E-state index is 0.0978. The number of hydrogen-bond donors (Lipinski definition) is 1. The standard InChI is InChI=1S/C13H15NOS/c1-13(2,3)8-4-5-11-9(6-8)12(16)10(14)7-15-11/h4-7H,14H2,1-3H3. The molecule has 0 saturated carbocycles. The maximum absolute atomic E-state index is 5.75. The van der Waals surface area contributed by atoms with Crippen molar-refractivity contribution in [2.24, 2.45) is 0 Å². The molecule has 16 heavy (non-hydrogen) atoms. The lowest BCUT2D eigenvalue weighted by Gasteiger charge is -2.19. The molecule has 84 valence electrons. The van der Waals surface area contributed by atoms with Crippen LogP contribution in [0.4, 0.5) is 5.69 Å². The lowest BCUT2D eigenvalue weighted by molar-refractivity contribution is 0.586. The van der Waals surface area contributed by atoms with Gasteiger partial charge >= 0.3 is 0 Å². The fourth-order valence-corrected chi connectivity index (χ4v) is 1.82. The van der Waals surface area contributed by atoms with E-state index in [1.807, 2.05) is 6.07 Å². The van der Waals surface area contributed by atoms with Crippen LogP contribution < -0.4 is 5.73 Å². The third kappa shape index (κ3) is 1.83. The molecule has 0 bridgehead atoms. The van der Waals surface area contributed by atoms with Gasteiger partial charge in [0.1, 0.15) is 11.8 Å². The number of nitrogen functional groups attached to an aromatic ring is 1. The van der Waals surface area contributed by atoms with Crippen molar-refractivity contribution in [3.8, 4) is 0 Å². The second-order valence-corrected chi connectivity index (χ2v) is 5.39. The Bertz CT molecular complexity index is 593. The number of rotatable bonds is 0. The predicted octanol–water partition coefficient (Wildman–Crippen LogP) is 4.04. The molecule has 0 aliphatic heterocycles. The fourth-order valence-electron chi connectivity index (χ4n) is 1.61. The SMILES string of the molecule is CC(C)(C)c1ccc2occ(N)c(=S)c2c1. The Labute approximate surface area is 100 Å². The third-order valence-corrected chi connectivity index (χ3v) is 3.12. The molecule has 2 aromatic rings. The lowest BCUT2D eigenvalue weighted by atomic mass is 9.86. The van der Waals surface area contributed by atoms with E-state index in [0.29, 0.717) is 10.2 Å². The van der Waals surface area contributed by atoms with E-state index in [2.05, 4.69) is 32.9 Å². The number of hydrogen-bond acceptors (Lipinski definition) is 3. The normalized spacial score (nSPS) is 11.9. The first-order valence-corrected chi connectivity index (χ1v) is 5.62. The summed E-state index contributed by atoms with van der Waals surface area (Å²) >= 11 is 5.29. The second kappa shape index (κ2) is 3.59. The second-order valence-electron chi connectivity index (χ2n) is 4.98. The molecule has 0 saturated heterocycles. The third-order valence-electron chi connectivity index (χ3n) is 2.67. The summed E-state index contributed by atoms with van der Waals surface area (Å²) in [6.45, 7) is 6.50. The van der Waals surface area contributed by atoms with E-state index in [1.54, 1.807) is 0 Å². The molecular formula is C13H15NOS. The van der Waals surface area contributed by atoms with Gasteiger partial charge in [0.15, 0.2) is 0 Å². The first-order chi connectivity index (χ1) is 7.39. The molecule has 1 aromatic heterocycles. The van der Waals surface area contributed by atoms with Crippen LogP contribution in [0.15, 0.2) is 28.9 Å². The Morgan fingerprint density at radius 1 is 1.25 bits per heavy atom. The van der Waals surface area contributed by atoms with Crippen molar-refractivity contribution in [1.29, 1.82) is 0 Å². The van der Waals surface area contributed by atoms with E-state index in [9.17, 15) is 0 Å². The highest BCUT2D eigenvalue weighted by Gasteiger charge is 2.14. The topological polar surface area (TPSA) is 39.2 Å². The van der Waals surface area contributed by atoms with Crippen molar-refractivity contribution in [3.63, 3.8) is 0 Å². The van der Waals surface area contributed by atoms with E-state index in [0.717, 1.165) is 11.0 Å². The van der Waals surface area contributed by atoms with E-state index in [-0.39, 0.29) is 5.41 Å². The largest absolute Gasteiger partial charge is 0.462 e. The molecule has 2 N–H and O–H groups in total. The van der Waals surface area contributed by atoms with Crippen molar-refractivity contribution >= 4 is 28.9 Å². The zero-order valence-electron chi connectivity index (χ0n) is 9.70. The Morgan fingerprint density at radius 3 is 2.56 bits per heavy atom. The van der Waals surface area contributed by atoms with Gasteiger partial charge in [-0.15, -0.1) is 0 Å². The molecule has 0 spiro atoms. The summed E-state index contributed by atoms with van der Waals surface area (Å²) < 4.78 is 6.07. The van der Waals surface area contributed by atoms with Gasteiger partial charge in [-0.25, -0.2) is 0 Å². The van der Waals surface area contributed by atoms with Gasteiger partial charge in [-0.2, -0.15) is 0 Å². The van der Waals surface area contributed by atoms with E-state index in [4.69, 9.17) is 22.4 Å². The fraction of sp³-hybridized carbons (Fsp3) is 0.308.